The molecule has 5 nitrogen and oxygen atoms in total. The number of hydrogen-bond acceptors (Lipinski definition) is 4. The molecule has 1 saturated heterocycles. The van der Waals surface area contributed by atoms with Gasteiger partial charge in [-0.25, -0.2) is 0 Å². The molecule has 1 fully saturated rings. The summed E-state index contributed by atoms with van der Waals surface area (Å²) in [6, 6.07) is 7.74. The highest BCUT2D eigenvalue weighted by Crippen LogP contribution is 2.13. The van der Waals surface area contributed by atoms with Crippen molar-refractivity contribution < 1.29 is 14.3 Å². The molecule has 0 aliphatic carbocycles. The van der Waals surface area contributed by atoms with Gasteiger partial charge in [0.05, 0.1) is 13.2 Å². The van der Waals surface area contributed by atoms with Crippen LogP contribution < -0.4 is 10.1 Å². The van der Waals surface area contributed by atoms with Crippen molar-refractivity contribution >= 4 is 5.91 Å². The quantitative estimate of drug-likeness (QED) is 0.861. The van der Waals surface area contributed by atoms with Crippen LogP contribution >= 0.6 is 0 Å². The average Bonchev–Trinajstić information content (AvgIpc) is 2.54. The zero-order valence-corrected chi connectivity index (χ0v) is 12.8. The van der Waals surface area contributed by atoms with E-state index in [4.69, 9.17) is 9.47 Å². The molecule has 1 aliphatic rings. The largest absolute Gasteiger partial charge is 0.497 e. The molecule has 0 atom stereocenters. The molecule has 0 aromatic heterocycles. The lowest BCUT2D eigenvalue weighted by atomic mass is 10.1. The molecule has 1 heterocycles. The molecule has 0 spiro atoms. The molecule has 1 N–H and O–H groups in total. The number of hydrogen-bond donors (Lipinski definition) is 1. The van der Waals surface area contributed by atoms with Crippen LogP contribution in [0, 0.1) is 0 Å². The first-order chi connectivity index (χ1) is 10.2. The van der Waals surface area contributed by atoms with Gasteiger partial charge >= 0.3 is 0 Å². The van der Waals surface area contributed by atoms with Gasteiger partial charge in [0.25, 0.3) is 0 Å². The third-order valence-corrected chi connectivity index (χ3v) is 3.73. The molecule has 1 aliphatic heterocycles. The van der Waals surface area contributed by atoms with Crippen molar-refractivity contribution in [2.24, 2.45) is 0 Å². The van der Waals surface area contributed by atoms with Crippen LogP contribution in [0.3, 0.4) is 0 Å². The molecule has 0 radical (unpaired) electrons. The number of amides is 1. The Morgan fingerprint density at radius 1 is 1.29 bits per heavy atom. The van der Waals surface area contributed by atoms with Crippen molar-refractivity contribution in [2.45, 2.75) is 25.5 Å². The molecular formula is C16H24N2O3. The summed E-state index contributed by atoms with van der Waals surface area (Å²) >= 11 is 0. The zero-order valence-electron chi connectivity index (χ0n) is 12.8. The van der Waals surface area contributed by atoms with Gasteiger partial charge in [-0.1, -0.05) is 12.1 Å². The summed E-state index contributed by atoms with van der Waals surface area (Å²) in [5, 5.41) is 3.28. The SMILES string of the molecule is COc1ccc(CN(C)C(=O)COC2CCNCC2)cc1. The minimum absolute atomic E-state index is 0.0179. The van der Waals surface area contributed by atoms with Gasteiger partial charge in [0.15, 0.2) is 0 Å². The molecule has 0 saturated carbocycles. The maximum Gasteiger partial charge on any atom is 0.248 e. The molecule has 2 rings (SSSR count). The molecular weight excluding hydrogens is 268 g/mol. The third-order valence-electron chi connectivity index (χ3n) is 3.73. The second kappa shape index (κ2) is 8.00. The molecule has 1 aromatic carbocycles. The van der Waals surface area contributed by atoms with Crippen LogP contribution in [-0.2, 0) is 16.1 Å². The lowest BCUT2D eigenvalue weighted by molar-refractivity contribution is -0.137. The van der Waals surface area contributed by atoms with Crippen LogP contribution in [0.2, 0.25) is 0 Å². The summed E-state index contributed by atoms with van der Waals surface area (Å²) in [5.41, 5.74) is 1.08. The van der Waals surface area contributed by atoms with E-state index in [0.717, 1.165) is 37.2 Å². The van der Waals surface area contributed by atoms with E-state index in [2.05, 4.69) is 5.32 Å². The number of ether oxygens (including phenoxy) is 2. The average molecular weight is 292 g/mol. The molecule has 21 heavy (non-hydrogen) atoms. The van der Waals surface area contributed by atoms with Crippen LogP contribution in [0.25, 0.3) is 0 Å². The Balaban J connectivity index is 1.75. The minimum atomic E-state index is 0.0179. The summed E-state index contributed by atoms with van der Waals surface area (Å²) in [7, 11) is 3.45. The number of benzene rings is 1. The highest BCUT2D eigenvalue weighted by Gasteiger charge is 2.16. The number of piperidine rings is 1. The van der Waals surface area contributed by atoms with Crippen molar-refractivity contribution in [3.05, 3.63) is 29.8 Å². The first-order valence-corrected chi connectivity index (χ1v) is 7.38. The Morgan fingerprint density at radius 2 is 1.95 bits per heavy atom. The maximum atomic E-state index is 12.1. The highest BCUT2D eigenvalue weighted by atomic mass is 16.5. The minimum Gasteiger partial charge on any atom is -0.497 e. The van der Waals surface area contributed by atoms with Crippen LogP contribution in [0.5, 0.6) is 5.75 Å². The fraction of sp³-hybridized carbons (Fsp3) is 0.562. The van der Waals surface area contributed by atoms with Gasteiger partial charge in [-0.2, -0.15) is 0 Å². The predicted molar refractivity (Wildman–Crippen MR) is 81.3 cm³/mol. The predicted octanol–water partition coefficient (Wildman–Crippen LogP) is 1.42. The lowest BCUT2D eigenvalue weighted by Gasteiger charge is -2.24. The first-order valence-electron chi connectivity index (χ1n) is 7.38. The monoisotopic (exact) mass is 292 g/mol. The van der Waals surface area contributed by atoms with E-state index >= 15 is 0 Å². The summed E-state index contributed by atoms with van der Waals surface area (Å²) < 4.78 is 10.8. The van der Waals surface area contributed by atoms with E-state index < -0.39 is 0 Å². The summed E-state index contributed by atoms with van der Waals surface area (Å²) in [6.07, 6.45) is 2.18. The van der Waals surface area contributed by atoms with E-state index in [0.29, 0.717) is 6.54 Å². The summed E-state index contributed by atoms with van der Waals surface area (Å²) in [5.74, 6) is 0.839. The standard InChI is InChI=1S/C16H24N2O3/c1-18(11-13-3-5-14(20-2)6-4-13)16(19)12-21-15-7-9-17-10-8-15/h3-6,15,17H,7-12H2,1-2H3. The number of nitrogens with one attached hydrogen (secondary N) is 1. The maximum absolute atomic E-state index is 12.1. The molecule has 1 aromatic rings. The molecule has 0 unspecified atom stereocenters. The number of carbonyl (C=O) groups excluding carboxylic acids is 1. The number of carbonyl (C=O) groups is 1. The zero-order chi connectivity index (χ0) is 15.1. The van der Waals surface area contributed by atoms with Crippen molar-refractivity contribution in [1.82, 2.24) is 10.2 Å². The number of likely N-dealkylation sites (N-methyl/N-ethyl adjacent to an activating group) is 1. The van der Waals surface area contributed by atoms with Crippen LogP contribution in [0.4, 0.5) is 0 Å². The second-order valence-corrected chi connectivity index (χ2v) is 5.36. The Bertz CT molecular complexity index is 441. The Kier molecular flexibility index (Phi) is 6.02. The van der Waals surface area contributed by atoms with Gasteiger partial charge in [-0.05, 0) is 43.6 Å². The van der Waals surface area contributed by atoms with E-state index in [-0.39, 0.29) is 18.6 Å². The molecule has 116 valence electrons. The number of nitrogens with zero attached hydrogens (tertiary/aromatic N) is 1. The van der Waals surface area contributed by atoms with Gasteiger partial charge in [-0.15, -0.1) is 0 Å². The Hall–Kier alpha value is -1.59. The van der Waals surface area contributed by atoms with Gasteiger partial charge in [0, 0.05) is 13.6 Å². The number of methoxy groups -OCH3 is 1. The third kappa shape index (κ3) is 5.02. The fourth-order valence-corrected chi connectivity index (χ4v) is 2.35. The molecule has 1 amide bonds. The summed E-state index contributed by atoms with van der Waals surface area (Å²) in [6.45, 7) is 2.69. The molecule has 0 bridgehead atoms. The van der Waals surface area contributed by atoms with Crippen molar-refractivity contribution in [3.8, 4) is 5.75 Å². The van der Waals surface area contributed by atoms with E-state index in [9.17, 15) is 4.79 Å². The Morgan fingerprint density at radius 3 is 2.57 bits per heavy atom. The first kappa shape index (κ1) is 15.8. The number of rotatable bonds is 6. The summed E-state index contributed by atoms with van der Waals surface area (Å²) in [4.78, 5) is 13.8. The Labute approximate surface area is 126 Å². The van der Waals surface area contributed by atoms with Crippen LogP contribution in [0.15, 0.2) is 24.3 Å². The van der Waals surface area contributed by atoms with Gasteiger partial charge in [-0.3, -0.25) is 4.79 Å². The van der Waals surface area contributed by atoms with E-state index in [1.807, 2.05) is 24.3 Å². The lowest BCUT2D eigenvalue weighted by Crippen LogP contribution is -2.36. The van der Waals surface area contributed by atoms with Gasteiger partial charge in [0.2, 0.25) is 5.91 Å². The van der Waals surface area contributed by atoms with E-state index in [1.165, 1.54) is 0 Å². The van der Waals surface area contributed by atoms with Crippen molar-refractivity contribution in [3.63, 3.8) is 0 Å². The van der Waals surface area contributed by atoms with Gasteiger partial charge in [0.1, 0.15) is 12.4 Å². The topological polar surface area (TPSA) is 50.8 Å². The smallest absolute Gasteiger partial charge is 0.248 e. The van der Waals surface area contributed by atoms with E-state index in [1.54, 1.807) is 19.1 Å². The van der Waals surface area contributed by atoms with Crippen molar-refractivity contribution in [1.29, 1.82) is 0 Å². The van der Waals surface area contributed by atoms with Crippen LogP contribution in [-0.4, -0.2) is 50.8 Å². The highest BCUT2D eigenvalue weighted by molar-refractivity contribution is 5.77. The fourth-order valence-electron chi connectivity index (χ4n) is 2.35. The van der Waals surface area contributed by atoms with Crippen molar-refractivity contribution in [2.75, 3.05) is 33.9 Å². The van der Waals surface area contributed by atoms with Gasteiger partial charge < -0.3 is 19.7 Å². The molecule has 5 heteroatoms. The second-order valence-electron chi connectivity index (χ2n) is 5.36. The normalized spacial score (nSPS) is 15.7. The van der Waals surface area contributed by atoms with Crippen LogP contribution in [0.1, 0.15) is 18.4 Å².